The Bertz CT molecular complexity index is 931. The number of benzene rings is 2. The van der Waals surface area contributed by atoms with Crippen LogP contribution in [0.15, 0.2) is 30.3 Å². The highest BCUT2D eigenvalue weighted by atomic mass is 35.5. The number of anilines is 2. The second-order valence-electron chi connectivity index (χ2n) is 7.46. The zero-order valence-corrected chi connectivity index (χ0v) is 19.8. The molecule has 1 aliphatic heterocycles. The summed E-state index contributed by atoms with van der Waals surface area (Å²) in [6.07, 6.45) is -0.766. The zero-order chi connectivity index (χ0) is 23.1. The van der Waals surface area contributed by atoms with Crippen molar-refractivity contribution in [2.24, 2.45) is 0 Å². The molecule has 2 aromatic carbocycles. The number of ether oxygens (including phenoxy) is 4. The van der Waals surface area contributed by atoms with Crippen LogP contribution >= 0.6 is 11.6 Å². The summed E-state index contributed by atoms with van der Waals surface area (Å²) in [6.45, 7) is 11.3. The Balaban J connectivity index is 1.83. The van der Waals surface area contributed by atoms with Gasteiger partial charge in [-0.15, -0.1) is 0 Å². The van der Waals surface area contributed by atoms with Gasteiger partial charge in [0.1, 0.15) is 17.2 Å². The van der Waals surface area contributed by atoms with E-state index in [9.17, 15) is 4.79 Å². The van der Waals surface area contributed by atoms with Gasteiger partial charge < -0.3 is 29.2 Å². The molecule has 0 aromatic heterocycles. The average Bonchev–Trinajstić information content (AvgIpc) is 2.78. The van der Waals surface area contributed by atoms with Gasteiger partial charge in [0.25, 0.3) is 5.91 Å². The van der Waals surface area contributed by atoms with Crippen molar-refractivity contribution in [1.29, 1.82) is 0 Å². The highest BCUT2D eigenvalue weighted by molar-refractivity contribution is 6.32. The fourth-order valence-electron chi connectivity index (χ4n) is 3.42. The van der Waals surface area contributed by atoms with Crippen molar-refractivity contribution in [1.82, 2.24) is 0 Å². The number of hydrogen-bond donors (Lipinski definition) is 1. The number of halogens is 1. The third-order valence-corrected chi connectivity index (χ3v) is 5.34. The van der Waals surface area contributed by atoms with Crippen LogP contribution in [0.1, 0.15) is 26.3 Å². The number of nitrogens with one attached hydrogen (secondary N) is 1. The lowest BCUT2D eigenvalue weighted by Gasteiger charge is -2.31. The molecular weight excluding hydrogens is 432 g/mol. The van der Waals surface area contributed by atoms with E-state index in [1.165, 1.54) is 0 Å². The highest BCUT2D eigenvalue weighted by Crippen LogP contribution is 2.39. The Hall–Kier alpha value is -2.64. The van der Waals surface area contributed by atoms with E-state index in [1.807, 2.05) is 45.0 Å². The van der Waals surface area contributed by atoms with Gasteiger partial charge in [-0.1, -0.05) is 17.7 Å². The maximum Gasteiger partial charge on any atom is 0.265 e. The van der Waals surface area contributed by atoms with E-state index < -0.39 is 6.10 Å². The van der Waals surface area contributed by atoms with Gasteiger partial charge in [0.15, 0.2) is 6.10 Å². The maximum atomic E-state index is 12.9. The first-order chi connectivity index (χ1) is 15.4. The van der Waals surface area contributed by atoms with Crippen LogP contribution in [0.5, 0.6) is 17.2 Å². The molecule has 8 heteroatoms. The van der Waals surface area contributed by atoms with Crippen molar-refractivity contribution in [3.05, 3.63) is 40.9 Å². The Morgan fingerprint density at radius 2 is 1.78 bits per heavy atom. The van der Waals surface area contributed by atoms with Gasteiger partial charge >= 0.3 is 0 Å². The first-order valence-electron chi connectivity index (χ1n) is 10.9. The van der Waals surface area contributed by atoms with Crippen LogP contribution in [-0.2, 0) is 9.53 Å². The van der Waals surface area contributed by atoms with Crippen molar-refractivity contribution in [3.63, 3.8) is 0 Å². The molecule has 0 spiro atoms. The predicted molar refractivity (Wildman–Crippen MR) is 127 cm³/mol. The van der Waals surface area contributed by atoms with Gasteiger partial charge in [-0.2, -0.15) is 0 Å². The molecule has 1 heterocycles. The molecule has 1 fully saturated rings. The first-order valence-corrected chi connectivity index (χ1v) is 11.3. The minimum Gasteiger partial charge on any atom is -0.492 e. The van der Waals surface area contributed by atoms with Crippen LogP contribution in [0, 0.1) is 6.92 Å². The second-order valence-corrected chi connectivity index (χ2v) is 7.87. The summed E-state index contributed by atoms with van der Waals surface area (Å²) in [6, 6.07) is 9.17. The number of nitrogens with zero attached hydrogens (tertiary/aromatic N) is 1. The molecule has 1 aliphatic rings. The van der Waals surface area contributed by atoms with E-state index in [0.717, 1.165) is 24.3 Å². The number of carbonyl (C=O) groups excluding carboxylic acids is 1. The molecule has 1 saturated heterocycles. The zero-order valence-electron chi connectivity index (χ0n) is 19.1. The second kappa shape index (κ2) is 11.3. The van der Waals surface area contributed by atoms with E-state index in [-0.39, 0.29) is 5.91 Å². The first kappa shape index (κ1) is 24.0. The van der Waals surface area contributed by atoms with Crippen LogP contribution in [-0.4, -0.2) is 51.5 Å². The topological polar surface area (TPSA) is 69.3 Å². The van der Waals surface area contributed by atoms with Crippen molar-refractivity contribution in [2.45, 2.75) is 33.8 Å². The summed E-state index contributed by atoms with van der Waals surface area (Å²) in [5, 5.41) is 3.38. The lowest BCUT2D eigenvalue weighted by molar-refractivity contribution is -0.122. The molecule has 1 unspecified atom stereocenters. The fourth-order valence-corrected chi connectivity index (χ4v) is 3.59. The van der Waals surface area contributed by atoms with Gasteiger partial charge in [0.05, 0.1) is 42.8 Å². The van der Waals surface area contributed by atoms with Gasteiger partial charge in [-0.05, 0) is 45.4 Å². The molecule has 0 radical (unpaired) electrons. The SMILES string of the molecule is CCOc1cc(N2CCOCC2)c(OCC)cc1NC(=O)C(C)Oc1cc(C)ccc1Cl. The highest BCUT2D eigenvalue weighted by Gasteiger charge is 2.23. The Labute approximate surface area is 194 Å². The van der Waals surface area contributed by atoms with E-state index in [2.05, 4.69) is 10.2 Å². The molecule has 0 saturated carbocycles. The third kappa shape index (κ3) is 5.99. The van der Waals surface area contributed by atoms with Crippen LogP contribution in [0.25, 0.3) is 0 Å². The number of morpholine rings is 1. The molecule has 7 nitrogen and oxygen atoms in total. The van der Waals surface area contributed by atoms with Gasteiger partial charge in [-0.25, -0.2) is 0 Å². The number of rotatable bonds is 9. The normalized spacial score (nSPS) is 14.6. The number of hydrogen-bond acceptors (Lipinski definition) is 6. The quantitative estimate of drug-likeness (QED) is 0.583. The third-order valence-electron chi connectivity index (χ3n) is 5.03. The Morgan fingerprint density at radius 1 is 1.09 bits per heavy atom. The summed E-state index contributed by atoms with van der Waals surface area (Å²) in [7, 11) is 0. The molecule has 32 heavy (non-hydrogen) atoms. The molecule has 0 aliphatic carbocycles. The van der Waals surface area contributed by atoms with Crippen molar-refractivity contribution < 1.29 is 23.7 Å². The Morgan fingerprint density at radius 3 is 2.47 bits per heavy atom. The molecular formula is C24H31ClN2O5. The van der Waals surface area contributed by atoms with Crippen LogP contribution in [0.3, 0.4) is 0 Å². The molecule has 1 amide bonds. The molecule has 3 rings (SSSR count). The van der Waals surface area contributed by atoms with Crippen molar-refractivity contribution in [2.75, 3.05) is 49.7 Å². The van der Waals surface area contributed by atoms with Crippen molar-refractivity contribution in [3.8, 4) is 17.2 Å². The van der Waals surface area contributed by atoms with E-state index >= 15 is 0 Å². The predicted octanol–water partition coefficient (Wildman–Crippen LogP) is 4.69. The lowest BCUT2D eigenvalue weighted by atomic mass is 10.2. The fraction of sp³-hybridized carbons (Fsp3) is 0.458. The minimum absolute atomic E-state index is 0.315. The summed E-state index contributed by atoms with van der Waals surface area (Å²) in [5.74, 6) is 1.41. The molecule has 0 bridgehead atoms. The summed E-state index contributed by atoms with van der Waals surface area (Å²) >= 11 is 6.21. The lowest BCUT2D eigenvalue weighted by Crippen LogP contribution is -2.36. The summed E-state index contributed by atoms with van der Waals surface area (Å²) in [4.78, 5) is 15.1. The van der Waals surface area contributed by atoms with E-state index in [4.69, 9.17) is 30.5 Å². The molecule has 2 aromatic rings. The summed E-state index contributed by atoms with van der Waals surface area (Å²) in [5.41, 5.74) is 2.45. The van der Waals surface area contributed by atoms with Crippen LogP contribution in [0.2, 0.25) is 5.02 Å². The number of aryl methyl sites for hydroxylation is 1. The van der Waals surface area contributed by atoms with Gasteiger partial charge in [-0.3, -0.25) is 4.79 Å². The number of amides is 1. The summed E-state index contributed by atoms with van der Waals surface area (Å²) < 4.78 is 23.0. The maximum absolute atomic E-state index is 12.9. The monoisotopic (exact) mass is 462 g/mol. The minimum atomic E-state index is -0.766. The average molecular weight is 463 g/mol. The number of carbonyl (C=O) groups is 1. The standard InChI is InChI=1S/C24H31ClN2O5/c1-5-30-22-15-20(27-9-11-29-12-10-27)23(31-6-2)14-19(22)26-24(28)17(4)32-21-13-16(3)7-8-18(21)25/h7-8,13-15,17H,5-6,9-12H2,1-4H3,(H,26,28). The van der Waals surface area contributed by atoms with E-state index in [1.54, 1.807) is 13.0 Å². The smallest absolute Gasteiger partial charge is 0.265 e. The molecule has 174 valence electrons. The largest absolute Gasteiger partial charge is 0.492 e. The van der Waals surface area contributed by atoms with Crippen molar-refractivity contribution >= 4 is 28.9 Å². The van der Waals surface area contributed by atoms with E-state index in [0.29, 0.717) is 54.4 Å². The van der Waals surface area contributed by atoms with Gasteiger partial charge in [0, 0.05) is 25.2 Å². The Kier molecular flexibility index (Phi) is 8.47. The van der Waals surface area contributed by atoms with Crippen LogP contribution in [0.4, 0.5) is 11.4 Å². The molecule has 1 atom stereocenters. The van der Waals surface area contributed by atoms with Crippen LogP contribution < -0.4 is 24.4 Å². The molecule has 1 N–H and O–H groups in total. The van der Waals surface area contributed by atoms with Gasteiger partial charge in [0.2, 0.25) is 0 Å².